The zero-order valence-corrected chi connectivity index (χ0v) is 28.6. The van der Waals surface area contributed by atoms with Crippen molar-refractivity contribution in [1.82, 2.24) is 0 Å². The minimum absolute atomic E-state index is 0.113. The highest BCUT2D eigenvalue weighted by molar-refractivity contribution is 5.69. The molecule has 4 N–H and O–H groups in total. The number of ether oxygens (including phenoxy) is 4. The predicted octanol–water partition coefficient (Wildman–Crippen LogP) is 6.52. The van der Waals surface area contributed by atoms with E-state index in [9.17, 15) is 25.2 Å². The molecule has 1 saturated heterocycles. The van der Waals surface area contributed by atoms with Gasteiger partial charge in [0, 0.05) is 13.0 Å². The third kappa shape index (κ3) is 21.4. The molecule has 1 aliphatic heterocycles. The first kappa shape index (κ1) is 42.0. The van der Waals surface area contributed by atoms with Gasteiger partial charge >= 0.3 is 5.97 Å². The molecule has 0 aromatic heterocycles. The summed E-state index contributed by atoms with van der Waals surface area (Å²) in [5.41, 5.74) is 0. The van der Waals surface area contributed by atoms with E-state index in [-0.39, 0.29) is 19.2 Å². The first-order valence-electron chi connectivity index (χ1n) is 18.3. The normalized spacial score (nSPS) is 22.7. The van der Waals surface area contributed by atoms with Gasteiger partial charge < -0.3 is 39.4 Å². The summed E-state index contributed by atoms with van der Waals surface area (Å²) in [6, 6.07) is 0. The molecule has 266 valence electrons. The molecule has 9 heteroatoms. The van der Waals surface area contributed by atoms with E-state index in [4.69, 9.17) is 18.9 Å². The summed E-state index contributed by atoms with van der Waals surface area (Å²) in [4.78, 5) is 12.6. The highest BCUT2D eigenvalue weighted by atomic mass is 16.7. The van der Waals surface area contributed by atoms with Gasteiger partial charge in [-0.1, -0.05) is 116 Å². The molecule has 0 bridgehead atoms. The molecule has 0 spiro atoms. The quantitative estimate of drug-likeness (QED) is 0.0392. The Morgan fingerprint density at radius 1 is 0.689 bits per heavy atom. The molecular weight excluding hydrogens is 576 g/mol. The van der Waals surface area contributed by atoms with E-state index in [0.717, 1.165) is 44.9 Å². The summed E-state index contributed by atoms with van der Waals surface area (Å²) < 4.78 is 22.6. The number of allylic oxidation sites excluding steroid dienone is 2. The van der Waals surface area contributed by atoms with Crippen LogP contribution in [0.1, 0.15) is 149 Å². The molecule has 0 aliphatic carbocycles. The van der Waals surface area contributed by atoms with Crippen LogP contribution >= 0.6 is 0 Å². The Bertz CT molecular complexity index is 702. The second-order valence-corrected chi connectivity index (χ2v) is 12.7. The number of hydrogen-bond donors (Lipinski definition) is 4. The van der Waals surface area contributed by atoms with Crippen molar-refractivity contribution in [3.8, 4) is 0 Å². The zero-order valence-electron chi connectivity index (χ0n) is 28.6. The molecule has 9 nitrogen and oxygen atoms in total. The summed E-state index contributed by atoms with van der Waals surface area (Å²) in [5.74, 6) is -0.324. The van der Waals surface area contributed by atoms with Crippen molar-refractivity contribution in [2.24, 2.45) is 0 Å². The summed E-state index contributed by atoms with van der Waals surface area (Å²) in [7, 11) is 0. The lowest BCUT2D eigenvalue weighted by Crippen LogP contribution is -2.59. The van der Waals surface area contributed by atoms with E-state index >= 15 is 0 Å². The molecule has 6 atom stereocenters. The van der Waals surface area contributed by atoms with E-state index < -0.39 is 43.4 Å². The first-order valence-corrected chi connectivity index (χ1v) is 18.3. The Balaban J connectivity index is 2.34. The van der Waals surface area contributed by atoms with Crippen LogP contribution in [0.5, 0.6) is 0 Å². The van der Waals surface area contributed by atoms with Crippen LogP contribution in [0.3, 0.4) is 0 Å². The van der Waals surface area contributed by atoms with Gasteiger partial charge in [-0.3, -0.25) is 4.79 Å². The highest BCUT2D eigenvalue weighted by Crippen LogP contribution is 2.22. The summed E-state index contributed by atoms with van der Waals surface area (Å²) in [6.07, 6.45) is 21.0. The Labute approximate surface area is 274 Å². The fraction of sp³-hybridized carbons (Fsp3) is 0.917. The van der Waals surface area contributed by atoms with Crippen molar-refractivity contribution >= 4 is 5.97 Å². The van der Waals surface area contributed by atoms with Crippen molar-refractivity contribution in [2.75, 3.05) is 26.4 Å². The molecule has 0 radical (unpaired) electrons. The monoisotopic (exact) mass is 644 g/mol. The summed E-state index contributed by atoms with van der Waals surface area (Å²) in [6.45, 7) is 4.50. The van der Waals surface area contributed by atoms with Crippen LogP contribution in [0.2, 0.25) is 0 Å². The molecule has 45 heavy (non-hydrogen) atoms. The van der Waals surface area contributed by atoms with Crippen LogP contribution in [-0.4, -0.2) is 89.6 Å². The van der Waals surface area contributed by atoms with Gasteiger partial charge in [-0.05, 0) is 38.5 Å². The Hall–Kier alpha value is -1.07. The molecule has 0 aromatic rings. The SMILES string of the molecule is CCCCCCC/C=C\CCCCCCCC(=O)OC(COCCCCCCCCCC)COC1OC(CO)C(O)C(O)C1O. The van der Waals surface area contributed by atoms with Crippen molar-refractivity contribution in [3.05, 3.63) is 12.2 Å². The minimum Gasteiger partial charge on any atom is -0.457 e. The van der Waals surface area contributed by atoms with E-state index in [0.29, 0.717) is 13.0 Å². The number of carbonyl (C=O) groups is 1. The molecule has 0 aromatic carbocycles. The lowest BCUT2D eigenvalue weighted by molar-refractivity contribution is -0.305. The van der Waals surface area contributed by atoms with Gasteiger partial charge in [-0.2, -0.15) is 0 Å². The lowest BCUT2D eigenvalue weighted by atomic mass is 9.99. The van der Waals surface area contributed by atoms with E-state index in [1.807, 2.05) is 0 Å². The Morgan fingerprint density at radius 3 is 1.80 bits per heavy atom. The number of aliphatic hydroxyl groups excluding tert-OH is 4. The van der Waals surface area contributed by atoms with Crippen LogP contribution in [-0.2, 0) is 23.7 Å². The van der Waals surface area contributed by atoms with Crippen molar-refractivity contribution in [3.63, 3.8) is 0 Å². The standard InChI is InChI=1S/C36H68O9/c1-3-5-7-9-11-13-14-15-16-17-18-19-21-23-25-32(38)44-30(28-42-26-24-22-20-12-10-8-6-4-2)29-43-36-35(41)34(40)33(39)31(27-37)45-36/h14-15,30-31,33-37,39-41H,3-13,16-29H2,1-2H3/b15-14-. The van der Waals surface area contributed by atoms with Crippen LogP contribution in [0.25, 0.3) is 0 Å². The highest BCUT2D eigenvalue weighted by Gasteiger charge is 2.44. The topological polar surface area (TPSA) is 135 Å². The van der Waals surface area contributed by atoms with Gasteiger partial charge in [-0.25, -0.2) is 0 Å². The number of carbonyl (C=O) groups excluding carboxylic acids is 1. The third-order valence-corrected chi connectivity index (χ3v) is 8.43. The van der Waals surface area contributed by atoms with Gasteiger partial charge in [0.1, 0.15) is 30.5 Å². The van der Waals surface area contributed by atoms with Crippen molar-refractivity contribution in [1.29, 1.82) is 0 Å². The van der Waals surface area contributed by atoms with E-state index in [1.54, 1.807) is 0 Å². The van der Waals surface area contributed by atoms with Gasteiger partial charge in [0.05, 0.1) is 19.8 Å². The average molecular weight is 645 g/mol. The molecular formula is C36H68O9. The molecule has 1 heterocycles. The number of hydrogen-bond acceptors (Lipinski definition) is 9. The molecule has 0 amide bonds. The summed E-state index contributed by atoms with van der Waals surface area (Å²) in [5, 5.41) is 39.8. The van der Waals surface area contributed by atoms with Crippen LogP contribution in [0.4, 0.5) is 0 Å². The Kier molecular flexibility index (Phi) is 27.1. The molecule has 6 unspecified atom stereocenters. The fourth-order valence-electron chi connectivity index (χ4n) is 5.48. The van der Waals surface area contributed by atoms with Crippen LogP contribution < -0.4 is 0 Å². The number of rotatable bonds is 30. The van der Waals surface area contributed by atoms with E-state index in [2.05, 4.69) is 26.0 Å². The van der Waals surface area contributed by atoms with Crippen LogP contribution in [0, 0.1) is 0 Å². The van der Waals surface area contributed by atoms with Gasteiger partial charge in [0.25, 0.3) is 0 Å². The Morgan fingerprint density at radius 2 is 1.22 bits per heavy atom. The smallest absolute Gasteiger partial charge is 0.306 e. The van der Waals surface area contributed by atoms with E-state index in [1.165, 1.54) is 83.5 Å². The van der Waals surface area contributed by atoms with Gasteiger partial charge in [0.15, 0.2) is 6.29 Å². The molecule has 1 fully saturated rings. The molecule has 1 rings (SSSR count). The second-order valence-electron chi connectivity index (χ2n) is 12.7. The minimum atomic E-state index is -1.53. The average Bonchev–Trinajstić information content (AvgIpc) is 3.04. The zero-order chi connectivity index (χ0) is 33.0. The maximum atomic E-state index is 12.6. The van der Waals surface area contributed by atoms with Crippen molar-refractivity contribution in [2.45, 2.75) is 185 Å². The summed E-state index contributed by atoms with van der Waals surface area (Å²) >= 11 is 0. The fourth-order valence-corrected chi connectivity index (χ4v) is 5.48. The maximum Gasteiger partial charge on any atom is 0.306 e. The number of esters is 1. The van der Waals surface area contributed by atoms with Crippen LogP contribution in [0.15, 0.2) is 12.2 Å². The first-order chi connectivity index (χ1) is 21.9. The molecule has 1 aliphatic rings. The predicted molar refractivity (Wildman–Crippen MR) is 178 cm³/mol. The van der Waals surface area contributed by atoms with Gasteiger partial charge in [0.2, 0.25) is 0 Å². The van der Waals surface area contributed by atoms with Gasteiger partial charge in [-0.15, -0.1) is 0 Å². The third-order valence-electron chi connectivity index (χ3n) is 8.43. The largest absolute Gasteiger partial charge is 0.457 e. The second kappa shape index (κ2) is 29.1. The lowest BCUT2D eigenvalue weighted by Gasteiger charge is -2.39. The maximum absolute atomic E-state index is 12.6. The number of unbranched alkanes of at least 4 members (excludes halogenated alkanes) is 17. The molecule has 0 saturated carbocycles. The number of aliphatic hydroxyl groups is 4. The van der Waals surface area contributed by atoms with Crippen molar-refractivity contribution < 1.29 is 44.2 Å².